The zero-order chi connectivity index (χ0) is 19.0. The van der Waals surface area contributed by atoms with Crippen molar-refractivity contribution >= 4 is 28.6 Å². The Bertz CT molecular complexity index is 1120. The molecule has 0 bridgehead atoms. The molecule has 8 heteroatoms. The Balaban J connectivity index is 1.45. The van der Waals surface area contributed by atoms with Crippen LogP contribution in [0.4, 0.5) is 0 Å². The highest BCUT2D eigenvalue weighted by Gasteiger charge is 2.36. The highest BCUT2D eigenvalue weighted by molar-refractivity contribution is 6.22. The second kappa shape index (κ2) is 6.49. The molecule has 4 rings (SSSR count). The van der Waals surface area contributed by atoms with E-state index in [-0.39, 0.29) is 23.4 Å². The number of amides is 3. The van der Waals surface area contributed by atoms with Crippen molar-refractivity contribution in [2.45, 2.75) is 6.67 Å². The first kappa shape index (κ1) is 16.6. The summed E-state index contributed by atoms with van der Waals surface area (Å²) in [5, 5.41) is 2.98. The summed E-state index contributed by atoms with van der Waals surface area (Å²) < 4.78 is 1.25. The minimum absolute atomic E-state index is 0.112. The molecule has 0 unspecified atom stereocenters. The molecule has 0 spiro atoms. The van der Waals surface area contributed by atoms with E-state index in [4.69, 9.17) is 0 Å². The van der Waals surface area contributed by atoms with Gasteiger partial charge in [-0.2, -0.15) is 0 Å². The highest BCUT2D eigenvalue weighted by atomic mass is 16.2. The van der Waals surface area contributed by atoms with Crippen LogP contribution in [0.3, 0.4) is 0 Å². The van der Waals surface area contributed by atoms with Crippen LogP contribution in [0.2, 0.25) is 0 Å². The van der Waals surface area contributed by atoms with Crippen molar-refractivity contribution in [1.82, 2.24) is 19.8 Å². The zero-order valence-electron chi connectivity index (χ0n) is 14.1. The maximum atomic E-state index is 12.4. The quantitative estimate of drug-likeness (QED) is 0.691. The number of benzene rings is 2. The molecule has 2 aromatic carbocycles. The summed E-state index contributed by atoms with van der Waals surface area (Å²) in [6.07, 6.45) is 1.34. The van der Waals surface area contributed by atoms with Gasteiger partial charge in [-0.15, -0.1) is 0 Å². The number of fused-ring (bicyclic) bond motifs is 2. The van der Waals surface area contributed by atoms with E-state index in [9.17, 15) is 19.2 Å². The number of hydrogen-bond acceptors (Lipinski definition) is 5. The lowest BCUT2D eigenvalue weighted by Gasteiger charge is -2.14. The van der Waals surface area contributed by atoms with E-state index >= 15 is 0 Å². The molecule has 0 aliphatic carbocycles. The summed E-state index contributed by atoms with van der Waals surface area (Å²) in [5.74, 6) is -1.56. The largest absolute Gasteiger partial charge is 0.337 e. The summed E-state index contributed by atoms with van der Waals surface area (Å²) in [4.78, 5) is 54.2. The molecule has 1 aliphatic rings. The van der Waals surface area contributed by atoms with Crippen LogP contribution >= 0.6 is 0 Å². The Morgan fingerprint density at radius 3 is 2.26 bits per heavy atom. The van der Waals surface area contributed by atoms with Gasteiger partial charge in [0.1, 0.15) is 6.54 Å². The summed E-state index contributed by atoms with van der Waals surface area (Å²) in [7, 11) is 0. The van der Waals surface area contributed by atoms with Crippen LogP contribution in [0.15, 0.2) is 59.7 Å². The molecule has 0 saturated heterocycles. The first-order chi connectivity index (χ1) is 13.1. The predicted molar refractivity (Wildman–Crippen MR) is 96.0 cm³/mol. The van der Waals surface area contributed by atoms with Crippen LogP contribution in [0.5, 0.6) is 0 Å². The van der Waals surface area contributed by atoms with Gasteiger partial charge in [-0.25, -0.2) is 4.98 Å². The van der Waals surface area contributed by atoms with Crippen molar-refractivity contribution in [3.8, 4) is 0 Å². The van der Waals surface area contributed by atoms with Gasteiger partial charge < -0.3 is 5.32 Å². The van der Waals surface area contributed by atoms with Gasteiger partial charge in [0.15, 0.2) is 0 Å². The number of carbonyl (C=O) groups excluding carboxylic acids is 3. The molecule has 0 fully saturated rings. The number of nitrogens with zero attached hydrogens (tertiary/aromatic N) is 3. The number of carbonyl (C=O) groups is 3. The third-order valence-electron chi connectivity index (χ3n) is 4.36. The van der Waals surface area contributed by atoms with Gasteiger partial charge in [0.2, 0.25) is 5.91 Å². The van der Waals surface area contributed by atoms with Crippen molar-refractivity contribution in [2.75, 3.05) is 6.54 Å². The van der Waals surface area contributed by atoms with Crippen LogP contribution in [-0.4, -0.2) is 38.7 Å². The lowest BCUT2D eigenvalue weighted by Crippen LogP contribution is -2.41. The Labute approximate surface area is 153 Å². The van der Waals surface area contributed by atoms with Crippen molar-refractivity contribution in [3.63, 3.8) is 0 Å². The van der Waals surface area contributed by atoms with E-state index in [0.717, 1.165) is 4.90 Å². The molecular weight excluding hydrogens is 348 g/mol. The van der Waals surface area contributed by atoms with Crippen LogP contribution in [0, 0.1) is 0 Å². The van der Waals surface area contributed by atoms with E-state index in [2.05, 4.69) is 10.3 Å². The number of aromatic nitrogens is 2. The van der Waals surface area contributed by atoms with Gasteiger partial charge in [-0.3, -0.25) is 28.6 Å². The van der Waals surface area contributed by atoms with E-state index in [0.29, 0.717) is 10.9 Å². The molecule has 2 heterocycles. The molecule has 3 aromatic rings. The SMILES string of the molecule is O=C(CN1C(=O)c2ccccc2C1=O)NCn1cnc2ccccc2c1=O. The van der Waals surface area contributed by atoms with Gasteiger partial charge in [0, 0.05) is 0 Å². The summed E-state index contributed by atoms with van der Waals surface area (Å²) in [6, 6.07) is 13.3. The highest BCUT2D eigenvalue weighted by Crippen LogP contribution is 2.21. The topological polar surface area (TPSA) is 101 Å². The molecule has 1 aromatic heterocycles. The summed E-state index contributed by atoms with van der Waals surface area (Å²) in [5.41, 5.74) is 0.841. The normalized spacial score (nSPS) is 13.1. The predicted octanol–water partition coefficient (Wildman–Crippen LogP) is 0.766. The van der Waals surface area contributed by atoms with Gasteiger partial charge in [0.05, 0.1) is 35.0 Å². The third kappa shape index (κ3) is 2.86. The van der Waals surface area contributed by atoms with Gasteiger partial charge in [0.25, 0.3) is 17.4 Å². The molecule has 0 atom stereocenters. The van der Waals surface area contributed by atoms with Gasteiger partial charge in [-0.1, -0.05) is 24.3 Å². The maximum absolute atomic E-state index is 12.4. The molecule has 0 saturated carbocycles. The average molecular weight is 362 g/mol. The summed E-state index contributed by atoms with van der Waals surface area (Å²) in [6.45, 7) is -0.527. The number of imide groups is 1. The number of rotatable bonds is 4. The van der Waals surface area contributed by atoms with Crippen molar-refractivity contribution in [2.24, 2.45) is 0 Å². The molecule has 1 N–H and O–H groups in total. The van der Waals surface area contributed by atoms with Crippen LogP contribution in [0.1, 0.15) is 20.7 Å². The number of nitrogens with one attached hydrogen (secondary N) is 1. The average Bonchev–Trinajstić information content (AvgIpc) is 2.93. The Hall–Kier alpha value is -3.81. The minimum atomic E-state index is -0.551. The minimum Gasteiger partial charge on any atom is -0.337 e. The lowest BCUT2D eigenvalue weighted by atomic mass is 10.1. The second-order valence-corrected chi connectivity index (χ2v) is 6.04. The summed E-state index contributed by atoms with van der Waals surface area (Å²) >= 11 is 0. The van der Waals surface area contributed by atoms with Gasteiger partial charge in [-0.05, 0) is 24.3 Å². The first-order valence-electron chi connectivity index (χ1n) is 8.22. The number of para-hydroxylation sites is 1. The zero-order valence-corrected chi connectivity index (χ0v) is 14.1. The van der Waals surface area contributed by atoms with Crippen LogP contribution in [0.25, 0.3) is 10.9 Å². The van der Waals surface area contributed by atoms with E-state index in [1.54, 1.807) is 48.5 Å². The fraction of sp³-hybridized carbons (Fsp3) is 0.105. The smallest absolute Gasteiger partial charge is 0.262 e. The number of hydrogen-bond donors (Lipinski definition) is 1. The van der Waals surface area contributed by atoms with E-state index in [1.807, 2.05) is 0 Å². The molecule has 1 aliphatic heterocycles. The standard InChI is InChI=1S/C19H14N4O4/c24-16(9-23-18(26)12-5-1-2-6-13(12)19(23)27)21-11-22-10-20-15-8-4-3-7-14(15)17(22)25/h1-8,10H,9,11H2,(H,21,24). The molecule has 27 heavy (non-hydrogen) atoms. The molecule has 8 nitrogen and oxygen atoms in total. The Morgan fingerprint density at radius 1 is 0.926 bits per heavy atom. The Kier molecular flexibility index (Phi) is 4.00. The van der Waals surface area contributed by atoms with Crippen molar-refractivity contribution < 1.29 is 14.4 Å². The first-order valence-corrected chi connectivity index (χ1v) is 8.22. The lowest BCUT2D eigenvalue weighted by molar-refractivity contribution is -0.121. The van der Waals surface area contributed by atoms with Crippen molar-refractivity contribution in [1.29, 1.82) is 0 Å². The van der Waals surface area contributed by atoms with Crippen LogP contribution in [-0.2, 0) is 11.5 Å². The second-order valence-electron chi connectivity index (χ2n) is 6.04. The Morgan fingerprint density at radius 2 is 1.56 bits per heavy atom. The molecule has 134 valence electrons. The van der Waals surface area contributed by atoms with Gasteiger partial charge >= 0.3 is 0 Å². The van der Waals surface area contributed by atoms with E-state index in [1.165, 1.54) is 10.9 Å². The molecular formula is C19H14N4O4. The third-order valence-corrected chi connectivity index (χ3v) is 4.36. The maximum Gasteiger partial charge on any atom is 0.262 e. The van der Waals surface area contributed by atoms with E-state index < -0.39 is 24.3 Å². The monoisotopic (exact) mass is 362 g/mol. The molecule has 0 radical (unpaired) electrons. The molecule has 3 amide bonds. The fourth-order valence-electron chi connectivity index (χ4n) is 2.97. The van der Waals surface area contributed by atoms with Crippen LogP contribution < -0.4 is 10.9 Å². The van der Waals surface area contributed by atoms with Crippen molar-refractivity contribution in [3.05, 3.63) is 76.3 Å². The fourth-order valence-corrected chi connectivity index (χ4v) is 2.97.